The summed E-state index contributed by atoms with van der Waals surface area (Å²) in [5.41, 5.74) is -0.404. The van der Waals surface area contributed by atoms with Crippen LogP contribution in [0.4, 0.5) is 0 Å². The fourth-order valence-electron chi connectivity index (χ4n) is 2.81. The highest BCUT2D eigenvalue weighted by molar-refractivity contribution is 5.09. The van der Waals surface area contributed by atoms with Crippen molar-refractivity contribution >= 4 is 0 Å². The zero-order chi connectivity index (χ0) is 14.5. The van der Waals surface area contributed by atoms with Gasteiger partial charge in [0.1, 0.15) is 5.54 Å². The number of nitrogens with zero attached hydrogens (tertiary/aromatic N) is 2. The van der Waals surface area contributed by atoms with Crippen LogP contribution in [-0.4, -0.2) is 35.6 Å². The average molecular weight is 265 g/mol. The first kappa shape index (κ1) is 16.5. The Bertz CT molecular complexity index is 300. The van der Waals surface area contributed by atoms with E-state index in [9.17, 15) is 5.26 Å². The summed E-state index contributed by atoms with van der Waals surface area (Å²) in [4.78, 5) is 2.52. The molecule has 0 aromatic rings. The van der Waals surface area contributed by atoms with Gasteiger partial charge in [-0.15, -0.1) is 0 Å². The zero-order valence-electron chi connectivity index (χ0n) is 13.4. The maximum atomic E-state index is 9.53. The van der Waals surface area contributed by atoms with Gasteiger partial charge in [0, 0.05) is 25.2 Å². The molecular formula is C16H31N3. The first-order chi connectivity index (χ1) is 8.94. The summed E-state index contributed by atoms with van der Waals surface area (Å²) in [6.45, 7) is 13.0. The van der Waals surface area contributed by atoms with Gasteiger partial charge in [0.05, 0.1) is 6.07 Å². The minimum atomic E-state index is -0.404. The Kier molecular flexibility index (Phi) is 6.29. The van der Waals surface area contributed by atoms with Crippen LogP contribution in [0, 0.1) is 17.2 Å². The van der Waals surface area contributed by atoms with Crippen LogP contribution in [-0.2, 0) is 0 Å². The molecule has 0 saturated heterocycles. The molecule has 110 valence electrons. The quantitative estimate of drug-likeness (QED) is 0.696. The summed E-state index contributed by atoms with van der Waals surface area (Å²) < 4.78 is 0. The van der Waals surface area contributed by atoms with Gasteiger partial charge in [-0.3, -0.25) is 10.2 Å². The van der Waals surface area contributed by atoms with Crippen LogP contribution in [0.5, 0.6) is 0 Å². The monoisotopic (exact) mass is 265 g/mol. The van der Waals surface area contributed by atoms with Crippen molar-refractivity contribution in [2.75, 3.05) is 13.1 Å². The summed E-state index contributed by atoms with van der Waals surface area (Å²) >= 11 is 0. The van der Waals surface area contributed by atoms with Crippen molar-refractivity contribution in [1.29, 1.82) is 5.26 Å². The molecule has 1 fully saturated rings. The predicted molar refractivity (Wildman–Crippen MR) is 81.0 cm³/mol. The number of rotatable bonds is 9. The van der Waals surface area contributed by atoms with Gasteiger partial charge >= 0.3 is 0 Å². The van der Waals surface area contributed by atoms with Crippen molar-refractivity contribution in [2.45, 2.75) is 77.9 Å². The molecule has 0 aromatic carbocycles. The summed E-state index contributed by atoms with van der Waals surface area (Å²) in [5, 5.41) is 13.1. The Morgan fingerprint density at radius 2 is 1.89 bits per heavy atom. The maximum Gasteiger partial charge on any atom is 0.116 e. The molecule has 3 heteroatoms. The third kappa shape index (κ3) is 5.50. The second-order valence-corrected chi connectivity index (χ2v) is 6.66. The van der Waals surface area contributed by atoms with Gasteiger partial charge in [0.2, 0.25) is 0 Å². The van der Waals surface area contributed by atoms with Crippen molar-refractivity contribution < 1.29 is 0 Å². The third-order valence-electron chi connectivity index (χ3n) is 3.92. The van der Waals surface area contributed by atoms with Crippen LogP contribution >= 0.6 is 0 Å². The Balaban J connectivity index is 2.69. The Labute approximate surface area is 119 Å². The van der Waals surface area contributed by atoms with Gasteiger partial charge < -0.3 is 0 Å². The molecule has 0 heterocycles. The Morgan fingerprint density at radius 3 is 2.26 bits per heavy atom. The van der Waals surface area contributed by atoms with Crippen molar-refractivity contribution in [3.05, 3.63) is 0 Å². The number of hydrogen-bond donors (Lipinski definition) is 1. The van der Waals surface area contributed by atoms with Gasteiger partial charge in [0.25, 0.3) is 0 Å². The highest BCUT2D eigenvalue weighted by Gasteiger charge is 2.35. The minimum Gasteiger partial charge on any atom is -0.297 e. The minimum absolute atomic E-state index is 0.404. The first-order valence-electron chi connectivity index (χ1n) is 7.87. The Morgan fingerprint density at radius 1 is 1.32 bits per heavy atom. The third-order valence-corrected chi connectivity index (χ3v) is 3.92. The normalized spacial score (nSPS) is 18.9. The SMILES string of the molecule is CCC(CC)N(CC(C)C)CC(C)(C#N)NC1CC1. The molecule has 0 amide bonds. The predicted octanol–water partition coefficient (Wildman–Crippen LogP) is 3.17. The summed E-state index contributed by atoms with van der Waals surface area (Å²) in [6, 6.07) is 3.67. The standard InChI is InChI=1S/C16H31N3/c1-6-15(7-2)19(10-13(3)4)12-16(5,11-17)18-14-8-9-14/h13-15,18H,6-10,12H2,1-5H3. The molecule has 1 unspecified atom stereocenters. The molecule has 19 heavy (non-hydrogen) atoms. The van der Waals surface area contributed by atoms with Gasteiger partial charge in [-0.2, -0.15) is 5.26 Å². The lowest BCUT2D eigenvalue weighted by Gasteiger charge is -2.37. The highest BCUT2D eigenvalue weighted by Crippen LogP contribution is 2.24. The number of nitrogens with one attached hydrogen (secondary N) is 1. The second kappa shape index (κ2) is 7.26. The highest BCUT2D eigenvalue weighted by atomic mass is 15.2. The molecule has 1 saturated carbocycles. The summed E-state index contributed by atoms with van der Waals surface area (Å²) in [6.07, 6.45) is 4.78. The molecule has 1 N–H and O–H groups in total. The largest absolute Gasteiger partial charge is 0.297 e. The van der Waals surface area contributed by atoms with Crippen LogP contribution in [0.15, 0.2) is 0 Å². The first-order valence-corrected chi connectivity index (χ1v) is 7.87. The molecule has 0 bridgehead atoms. The smallest absolute Gasteiger partial charge is 0.116 e. The van der Waals surface area contributed by atoms with E-state index in [-0.39, 0.29) is 0 Å². The van der Waals surface area contributed by atoms with Crippen LogP contribution in [0.1, 0.15) is 60.3 Å². The van der Waals surface area contributed by atoms with E-state index in [1.807, 2.05) is 0 Å². The fourth-order valence-corrected chi connectivity index (χ4v) is 2.81. The molecule has 1 rings (SSSR count). The fraction of sp³-hybridized carbons (Fsp3) is 0.938. The van der Waals surface area contributed by atoms with Gasteiger partial charge in [0.15, 0.2) is 0 Å². The van der Waals surface area contributed by atoms with Gasteiger partial charge in [-0.05, 0) is 38.5 Å². The van der Waals surface area contributed by atoms with E-state index in [0.29, 0.717) is 18.0 Å². The van der Waals surface area contributed by atoms with E-state index in [4.69, 9.17) is 0 Å². The number of hydrogen-bond acceptors (Lipinski definition) is 3. The van der Waals surface area contributed by atoms with E-state index < -0.39 is 5.54 Å². The topological polar surface area (TPSA) is 39.1 Å². The summed E-state index contributed by atoms with van der Waals surface area (Å²) in [7, 11) is 0. The molecule has 0 radical (unpaired) electrons. The molecule has 1 aliphatic rings. The zero-order valence-corrected chi connectivity index (χ0v) is 13.4. The van der Waals surface area contributed by atoms with E-state index >= 15 is 0 Å². The molecule has 0 aromatic heterocycles. The van der Waals surface area contributed by atoms with Crippen molar-refractivity contribution in [2.24, 2.45) is 5.92 Å². The van der Waals surface area contributed by atoms with Crippen molar-refractivity contribution in [3.63, 3.8) is 0 Å². The van der Waals surface area contributed by atoms with Gasteiger partial charge in [-0.1, -0.05) is 27.7 Å². The molecule has 1 atom stereocenters. The van der Waals surface area contributed by atoms with Crippen LogP contribution in [0.3, 0.4) is 0 Å². The molecule has 1 aliphatic carbocycles. The summed E-state index contributed by atoms with van der Waals surface area (Å²) in [5.74, 6) is 0.643. The lowest BCUT2D eigenvalue weighted by molar-refractivity contribution is 0.135. The van der Waals surface area contributed by atoms with E-state index in [0.717, 1.165) is 25.9 Å². The van der Waals surface area contributed by atoms with Crippen LogP contribution in [0.25, 0.3) is 0 Å². The van der Waals surface area contributed by atoms with Crippen molar-refractivity contribution in [1.82, 2.24) is 10.2 Å². The van der Waals surface area contributed by atoms with E-state index in [1.54, 1.807) is 0 Å². The lowest BCUT2D eigenvalue weighted by Crippen LogP contribution is -2.54. The maximum absolute atomic E-state index is 9.53. The second-order valence-electron chi connectivity index (χ2n) is 6.66. The lowest BCUT2D eigenvalue weighted by atomic mass is 9.99. The molecule has 0 aliphatic heterocycles. The van der Waals surface area contributed by atoms with E-state index in [2.05, 4.69) is 50.9 Å². The average Bonchev–Trinajstić information content (AvgIpc) is 3.13. The van der Waals surface area contributed by atoms with Crippen LogP contribution in [0.2, 0.25) is 0 Å². The van der Waals surface area contributed by atoms with E-state index in [1.165, 1.54) is 12.8 Å². The molecular weight excluding hydrogens is 234 g/mol. The van der Waals surface area contributed by atoms with Crippen LogP contribution < -0.4 is 5.32 Å². The van der Waals surface area contributed by atoms with Crippen molar-refractivity contribution in [3.8, 4) is 6.07 Å². The molecule has 0 spiro atoms. The Hall–Kier alpha value is -0.590. The molecule has 3 nitrogen and oxygen atoms in total. The number of nitriles is 1. The van der Waals surface area contributed by atoms with Gasteiger partial charge in [-0.25, -0.2) is 0 Å².